The monoisotopic (exact) mass is 342 g/mol. The molecule has 3 rings (SSSR count). The highest BCUT2D eigenvalue weighted by Crippen LogP contribution is 2.27. The number of likely N-dealkylation sites (tertiary alicyclic amines) is 1. The summed E-state index contributed by atoms with van der Waals surface area (Å²) in [6, 6.07) is 10.5. The van der Waals surface area contributed by atoms with Crippen LogP contribution in [0.5, 0.6) is 0 Å². The SMILES string of the molecule is CN(C)C(=O)[C@@H]1CCN(Cc2ccc(-c3ccccc3C(=O)O)o2)C1. The molecule has 1 aliphatic heterocycles. The summed E-state index contributed by atoms with van der Waals surface area (Å²) in [6.45, 7) is 2.19. The molecule has 1 aromatic heterocycles. The van der Waals surface area contributed by atoms with Crippen LogP contribution < -0.4 is 0 Å². The molecule has 1 aromatic carbocycles. The van der Waals surface area contributed by atoms with E-state index in [-0.39, 0.29) is 17.4 Å². The lowest BCUT2D eigenvalue weighted by atomic mass is 10.1. The van der Waals surface area contributed by atoms with Gasteiger partial charge in [0.25, 0.3) is 0 Å². The van der Waals surface area contributed by atoms with Gasteiger partial charge in [-0.1, -0.05) is 18.2 Å². The summed E-state index contributed by atoms with van der Waals surface area (Å²) < 4.78 is 5.87. The van der Waals surface area contributed by atoms with Gasteiger partial charge in [-0.3, -0.25) is 9.69 Å². The smallest absolute Gasteiger partial charge is 0.336 e. The third-order valence-corrected chi connectivity index (χ3v) is 4.53. The van der Waals surface area contributed by atoms with Crippen LogP contribution in [0.2, 0.25) is 0 Å². The quantitative estimate of drug-likeness (QED) is 0.904. The first kappa shape index (κ1) is 17.2. The third-order valence-electron chi connectivity index (χ3n) is 4.53. The van der Waals surface area contributed by atoms with Crippen molar-refractivity contribution in [2.45, 2.75) is 13.0 Å². The molecule has 2 aromatic rings. The van der Waals surface area contributed by atoms with Crippen LogP contribution in [-0.4, -0.2) is 54.0 Å². The number of carboxylic acids is 1. The van der Waals surface area contributed by atoms with E-state index in [4.69, 9.17) is 4.42 Å². The zero-order valence-electron chi connectivity index (χ0n) is 14.4. The Morgan fingerprint density at radius 2 is 2.00 bits per heavy atom. The Labute approximate surface area is 146 Å². The molecule has 0 saturated carbocycles. The molecule has 132 valence electrons. The molecule has 25 heavy (non-hydrogen) atoms. The Balaban J connectivity index is 1.69. The maximum absolute atomic E-state index is 12.1. The lowest BCUT2D eigenvalue weighted by Gasteiger charge is -2.17. The number of carbonyl (C=O) groups excluding carboxylic acids is 1. The van der Waals surface area contributed by atoms with E-state index in [1.54, 1.807) is 49.3 Å². The molecule has 1 amide bonds. The Kier molecular flexibility index (Phi) is 4.90. The first-order chi connectivity index (χ1) is 12.0. The van der Waals surface area contributed by atoms with Crippen molar-refractivity contribution in [3.63, 3.8) is 0 Å². The lowest BCUT2D eigenvalue weighted by molar-refractivity contribution is -0.132. The molecule has 0 bridgehead atoms. The van der Waals surface area contributed by atoms with Gasteiger partial charge in [0.1, 0.15) is 11.5 Å². The lowest BCUT2D eigenvalue weighted by Crippen LogP contribution is -2.31. The molecule has 6 heteroatoms. The molecular formula is C19H22N2O4. The van der Waals surface area contributed by atoms with Gasteiger partial charge in [0.2, 0.25) is 5.91 Å². The van der Waals surface area contributed by atoms with Crippen molar-refractivity contribution in [3.05, 3.63) is 47.7 Å². The van der Waals surface area contributed by atoms with Crippen LogP contribution in [0, 0.1) is 5.92 Å². The average Bonchev–Trinajstić information content (AvgIpc) is 3.24. The van der Waals surface area contributed by atoms with Crippen molar-refractivity contribution >= 4 is 11.9 Å². The van der Waals surface area contributed by atoms with Crippen LogP contribution in [0.4, 0.5) is 0 Å². The van der Waals surface area contributed by atoms with E-state index in [0.29, 0.717) is 17.9 Å². The Morgan fingerprint density at radius 3 is 2.72 bits per heavy atom. The van der Waals surface area contributed by atoms with Gasteiger partial charge in [0.15, 0.2) is 0 Å². The first-order valence-corrected chi connectivity index (χ1v) is 8.30. The molecule has 1 saturated heterocycles. The van der Waals surface area contributed by atoms with Crippen LogP contribution in [0.1, 0.15) is 22.5 Å². The summed E-state index contributed by atoms with van der Waals surface area (Å²) in [4.78, 5) is 27.2. The van der Waals surface area contributed by atoms with E-state index < -0.39 is 5.97 Å². The van der Waals surface area contributed by atoms with Crippen molar-refractivity contribution in [2.75, 3.05) is 27.2 Å². The van der Waals surface area contributed by atoms with Crippen molar-refractivity contribution in [3.8, 4) is 11.3 Å². The number of aromatic carboxylic acids is 1. The van der Waals surface area contributed by atoms with Gasteiger partial charge in [-0.15, -0.1) is 0 Å². The van der Waals surface area contributed by atoms with Crippen molar-refractivity contribution < 1.29 is 19.1 Å². The maximum atomic E-state index is 12.1. The van der Waals surface area contributed by atoms with Crippen molar-refractivity contribution in [1.82, 2.24) is 9.80 Å². The van der Waals surface area contributed by atoms with Gasteiger partial charge in [0.05, 0.1) is 18.0 Å². The predicted octanol–water partition coefficient (Wildman–Crippen LogP) is 2.55. The van der Waals surface area contributed by atoms with Gasteiger partial charge < -0.3 is 14.4 Å². The second-order valence-electron chi connectivity index (χ2n) is 6.57. The standard InChI is InChI=1S/C19H22N2O4/c1-20(2)18(22)13-9-10-21(11-13)12-14-7-8-17(25-14)15-5-3-4-6-16(15)19(23)24/h3-8,13H,9-12H2,1-2H3,(H,23,24)/t13-/m1/s1. The molecule has 0 aliphatic carbocycles. The summed E-state index contributed by atoms with van der Waals surface area (Å²) in [6.07, 6.45) is 0.854. The number of hydrogen-bond donors (Lipinski definition) is 1. The normalized spacial score (nSPS) is 17.6. The summed E-state index contributed by atoms with van der Waals surface area (Å²) in [7, 11) is 3.56. The maximum Gasteiger partial charge on any atom is 0.336 e. The number of furan rings is 1. The van der Waals surface area contributed by atoms with Gasteiger partial charge in [-0.05, 0) is 31.2 Å². The number of rotatable bonds is 5. The van der Waals surface area contributed by atoms with E-state index in [2.05, 4.69) is 4.90 Å². The molecule has 1 fully saturated rings. The fourth-order valence-electron chi connectivity index (χ4n) is 3.26. The fraction of sp³-hybridized carbons (Fsp3) is 0.368. The Morgan fingerprint density at radius 1 is 1.24 bits per heavy atom. The fourth-order valence-corrected chi connectivity index (χ4v) is 3.26. The summed E-state index contributed by atoms with van der Waals surface area (Å²) >= 11 is 0. The topological polar surface area (TPSA) is 74.0 Å². The number of amides is 1. The average molecular weight is 342 g/mol. The second-order valence-corrected chi connectivity index (χ2v) is 6.57. The highest BCUT2D eigenvalue weighted by molar-refractivity contribution is 5.95. The van der Waals surface area contributed by atoms with Crippen LogP contribution >= 0.6 is 0 Å². The number of benzene rings is 1. The van der Waals surface area contributed by atoms with E-state index in [9.17, 15) is 14.7 Å². The zero-order valence-corrected chi connectivity index (χ0v) is 14.4. The number of carboxylic acid groups (broad SMARTS) is 1. The zero-order chi connectivity index (χ0) is 18.0. The minimum Gasteiger partial charge on any atom is -0.478 e. The summed E-state index contributed by atoms with van der Waals surface area (Å²) in [5.74, 6) is 0.551. The van der Waals surface area contributed by atoms with E-state index in [1.807, 2.05) is 6.07 Å². The van der Waals surface area contributed by atoms with E-state index in [1.165, 1.54) is 0 Å². The largest absolute Gasteiger partial charge is 0.478 e. The van der Waals surface area contributed by atoms with Gasteiger partial charge in [0, 0.05) is 26.2 Å². The first-order valence-electron chi connectivity index (χ1n) is 8.30. The molecule has 1 atom stereocenters. The number of hydrogen-bond acceptors (Lipinski definition) is 4. The molecule has 6 nitrogen and oxygen atoms in total. The van der Waals surface area contributed by atoms with E-state index in [0.717, 1.165) is 25.3 Å². The molecule has 0 unspecified atom stereocenters. The number of carbonyl (C=O) groups is 2. The summed E-state index contributed by atoms with van der Waals surface area (Å²) in [5, 5.41) is 9.30. The molecular weight excluding hydrogens is 320 g/mol. The minimum absolute atomic E-state index is 0.0390. The Hall–Kier alpha value is -2.60. The predicted molar refractivity (Wildman–Crippen MR) is 93.2 cm³/mol. The van der Waals surface area contributed by atoms with Crippen molar-refractivity contribution in [1.29, 1.82) is 0 Å². The highest BCUT2D eigenvalue weighted by Gasteiger charge is 2.29. The van der Waals surface area contributed by atoms with Crippen molar-refractivity contribution in [2.24, 2.45) is 5.92 Å². The van der Waals surface area contributed by atoms with Gasteiger partial charge in [-0.2, -0.15) is 0 Å². The minimum atomic E-state index is -0.974. The highest BCUT2D eigenvalue weighted by atomic mass is 16.4. The van der Waals surface area contributed by atoms with Crippen LogP contribution in [-0.2, 0) is 11.3 Å². The Bertz CT molecular complexity index is 781. The van der Waals surface area contributed by atoms with Gasteiger partial charge in [-0.25, -0.2) is 4.79 Å². The van der Waals surface area contributed by atoms with Crippen LogP contribution in [0.15, 0.2) is 40.8 Å². The van der Waals surface area contributed by atoms with E-state index >= 15 is 0 Å². The molecule has 0 radical (unpaired) electrons. The molecule has 0 spiro atoms. The van der Waals surface area contributed by atoms with Crippen LogP contribution in [0.3, 0.4) is 0 Å². The van der Waals surface area contributed by atoms with Gasteiger partial charge >= 0.3 is 5.97 Å². The third kappa shape index (κ3) is 3.74. The molecule has 2 heterocycles. The molecule has 1 N–H and O–H groups in total. The number of nitrogens with zero attached hydrogens (tertiary/aromatic N) is 2. The second kappa shape index (κ2) is 7.11. The van der Waals surface area contributed by atoms with Crippen LogP contribution in [0.25, 0.3) is 11.3 Å². The summed E-state index contributed by atoms with van der Waals surface area (Å²) in [5.41, 5.74) is 0.796. The molecule has 1 aliphatic rings.